The molecule has 0 aliphatic carbocycles. The SMILES string of the molecule is [CH2]C(=N)CC(=N)CN. The first-order valence-corrected chi connectivity index (χ1v) is 2.32. The van der Waals surface area contributed by atoms with E-state index < -0.39 is 0 Å². The van der Waals surface area contributed by atoms with E-state index in [4.69, 9.17) is 16.6 Å². The molecule has 0 aromatic heterocycles. The highest BCUT2D eigenvalue weighted by Gasteiger charge is 1.92. The maximum absolute atomic E-state index is 6.96. The fraction of sp³-hybridized carbons (Fsp3) is 0.400. The van der Waals surface area contributed by atoms with Crippen molar-refractivity contribution in [2.24, 2.45) is 5.73 Å². The third-order valence-corrected chi connectivity index (χ3v) is 0.673. The van der Waals surface area contributed by atoms with Crippen molar-refractivity contribution in [3.05, 3.63) is 6.92 Å². The molecule has 0 aliphatic rings. The van der Waals surface area contributed by atoms with Crippen molar-refractivity contribution in [3.63, 3.8) is 0 Å². The van der Waals surface area contributed by atoms with Gasteiger partial charge in [-0.2, -0.15) is 0 Å². The molecule has 45 valence electrons. The van der Waals surface area contributed by atoms with Gasteiger partial charge in [-0.15, -0.1) is 0 Å². The third kappa shape index (κ3) is 3.49. The van der Waals surface area contributed by atoms with E-state index in [1.165, 1.54) is 0 Å². The van der Waals surface area contributed by atoms with Crippen molar-refractivity contribution in [1.82, 2.24) is 0 Å². The second-order valence-corrected chi connectivity index (χ2v) is 1.59. The summed E-state index contributed by atoms with van der Waals surface area (Å²) in [5, 5.41) is 13.8. The van der Waals surface area contributed by atoms with Crippen LogP contribution in [0.15, 0.2) is 0 Å². The third-order valence-electron chi connectivity index (χ3n) is 0.673. The Morgan fingerprint density at radius 3 is 2.12 bits per heavy atom. The molecule has 0 amide bonds. The summed E-state index contributed by atoms with van der Waals surface area (Å²) in [6.07, 6.45) is 0.316. The molecule has 3 heteroatoms. The quantitative estimate of drug-likeness (QED) is 0.448. The van der Waals surface area contributed by atoms with Crippen LogP contribution >= 0.6 is 0 Å². The standard InChI is InChI=1S/C5H10N3/c1-4(7)2-5(8)3-6/h7-8H,1-3,6H2. The van der Waals surface area contributed by atoms with Gasteiger partial charge in [-0.05, 0) is 6.92 Å². The highest BCUT2D eigenvalue weighted by molar-refractivity contribution is 6.04. The van der Waals surface area contributed by atoms with Gasteiger partial charge in [0.05, 0.1) is 0 Å². The van der Waals surface area contributed by atoms with Crippen LogP contribution in [0.2, 0.25) is 0 Å². The van der Waals surface area contributed by atoms with Crippen LogP contribution in [0.1, 0.15) is 6.42 Å². The molecule has 0 atom stereocenters. The number of hydrogen-bond donors (Lipinski definition) is 3. The van der Waals surface area contributed by atoms with Gasteiger partial charge in [0.15, 0.2) is 0 Å². The smallest absolute Gasteiger partial charge is 0.0311 e. The molecule has 0 aromatic rings. The van der Waals surface area contributed by atoms with E-state index in [1.54, 1.807) is 0 Å². The minimum Gasteiger partial charge on any atom is -0.326 e. The van der Waals surface area contributed by atoms with E-state index in [2.05, 4.69) is 6.92 Å². The second kappa shape index (κ2) is 3.32. The molecule has 0 rings (SSSR count). The number of hydrogen-bond acceptors (Lipinski definition) is 3. The molecule has 1 radical (unpaired) electrons. The van der Waals surface area contributed by atoms with Gasteiger partial charge in [0.25, 0.3) is 0 Å². The predicted octanol–water partition coefficient (Wildman–Crippen LogP) is 0.209. The van der Waals surface area contributed by atoms with Gasteiger partial charge in [0.1, 0.15) is 0 Å². The van der Waals surface area contributed by atoms with Crippen molar-refractivity contribution in [2.45, 2.75) is 6.42 Å². The lowest BCUT2D eigenvalue weighted by molar-refractivity contribution is 1.22. The Bertz CT molecular complexity index is 106. The average Bonchev–Trinajstić information content (AvgIpc) is 1.65. The van der Waals surface area contributed by atoms with Gasteiger partial charge in [-0.1, -0.05) is 0 Å². The van der Waals surface area contributed by atoms with Crippen LogP contribution in [0.5, 0.6) is 0 Å². The van der Waals surface area contributed by atoms with Crippen LogP contribution in [0.4, 0.5) is 0 Å². The maximum Gasteiger partial charge on any atom is 0.0311 e. The molecule has 0 saturated heterocycles. The van der Waals surface area contributed by atoms with E-state index in [0.717, 1.165) is 0 Å². The van der Waals surface area contributed by atoms with E-state index in [9.17, 15) is 0 Å². The first-order chi connectivity index (χ1) is 3.66. The number of nitrogens with one attached hydrogen (secondary N) is 2. The first-order valence-electron chi connectivity index (χ1n) is 2.32. The topological polar surface area (TPSA) is 73.7 Å². The van der Waals surface area contributed by atoms with Crippen LogP contribution in [-0.2, 0) is 0 Å². The normalized spacial score (nSPS) is 8.75. The monoisotopic (exact) mass is 112 g/mol. The van der Waals surface area contributed by atoms with Gasteiger partial charge in [0, 0.05) is 24.4 Å². The summed E-state index contributed by atoms with van der Waals surface area (Å²) in [4.78, 5) is 0. The molecular weight excluding hydrogens is 102 g/mol. The molecule has 0 saturated carbocycles. The van der Waals surface area contributed by atoms with Gasteiger partial charge < -0.3 is 16.6 Å². The molecular formula is C5H10N3. The predicted molar refractivity (Wildman–Crippen MR) is 34.5 cm³/mol. The van der Waals surface area contributed by atoms with E-state index in [0.29, 0.717) is 12.1 Å². The van der Waals surface area contributed by atoms with Gasteiger partial charge in [-0.25, -0.2) is 0 Å². The van der Waals surface area contributed by atoms with Crippen LogP contribution < -0.4 is 5.73 Å². The summed E-state index contributed by atoms with van der Waals surface area (Å²) in [6, 6.07) is 0. The Hall–Kier alpha value is -0.700. The van der Waals surface area contributed by atoms with Crippen LogP contribution in [0, 0.1) is 17.7 Å². The van der Waals surface area contributed by atoms with Crippen molar-refractivity contribution in [1.29, 1.82) is 10.8 Å². The van der Waals surface area contributed by atoms with Crippen molar-refractivity contribution >= 4 is 11.4 Å². The lowest BCUT2D eigenvalue weighted by Crippen LogP contribution is -2.14. The van der Waals surface area contributed by atoms with Crippen molar-refractivity contribution < 1.29 is 0 Å². The fourth-order valence-electron chi connectivity index (χ4n) is 0.330. The Labute approximate surface area is 48.9 Å². The molecule has 0 unspecified atom stereocenters. The summed E-state index contributed by atoms with van der Waals surface area (Å²) in [7, 11) is 0. The molecule has 0 aliphatic heterocycles. The van der Waals surface area contributed by atoms with Gasteiger partial charge >= 0.3 is 0 Å². The fourth-order valence-corrected chi connectivity index (χ4v) is 0.330. The highest BCUT2D eigenvalue weighted by Crippen LogP contribution is 1.81. The molecule has 8 heavy (non-hydrogen) atoms. The maximum atomic E-state index is 6.96. The zero-order valence-electron chi connectivity index (χ0n) is 4.70. The summed E-state index contributed by atoms with van der Waals surface area (Å²) in [5.74, 6) is 0. The molecule has 0 aromatic carbocycles. The second-order valence-electron chi connectivity index (χ2n) is 1.59. The minimum atomic E-state index is 0.234. The molecule has 4 N–H and O–H groups in total. The Balaban J connectivity index is 3.40. The number of nitrogens with two attached hydrogens (primary N) is 1. The summed E-state index contributed by atoms with van der Waals surface area (Å²) < 4.78 is 0. The van der Waals surface area contributed by atoms with Gasteiger partial charge in [0.2, 0.25) is 0 Å². The van der Waals surface area contributed by atoms with E-state index in [-0.39, 0.29) is 12.3 Å². The minimum absolute atomic E-state index is 0.234. The first kappa shape index (κ1) is 7.30. The molecule has 0 fully saturated rings. The average molecular weight is 112 g/mol. The molecule has 0 spiro atoms. The van der Waals surface area contributed by atoms with E-state index >= 15 is 0 Å². The Morgan fingerprint density at radius 2 is 2.00 bits per heavy atom. The summed E-state index contributed by atoms with van der Waals surface area (Å²) in [6.45, 7) is 3.55. The summed E-state index contributed by atoms with van der Waals surface area (Å²) in [5.41, 5.74) is 5.69. The van der Waals surface area contributed by atoms with Crippen molar-refractivity contribution in [3.8, 4) is 0 Å². The Morgan fingerprint density at radius 1 is 1.50 bits per heavy atom. The van der Waals surface area contributed by atoms with E-state index in [1.807, 2.05) is 0 Å². The zero-order valence-corrected chi connectivity index (χ0v) is 4.70. The van der Waals surface area contributed by atoms with Crippen LogP contribution in [0.25, 0.3) is 0 Å². The largest absolute Gasteiger partial charge is 0.326 e. The molecule has 3 nitrogen and oxygen atoms in total. The summed E-state index contributed by atoms with van der Waals surface area (Å²) >= 11 is 0. The van der Waals surface area contributed by atoms with Crippen molar-refractivity contribution in [2.75, 3.05) is 6.54 Å². The van der Waals surface area contributed by atoms with Crippen LogP contribution in [-0.4, -0.2) is 18.0 Å². The molecule has 0 heterocycles. The number of rotatable bonds is 3. The Kier molecular flexibility index (Phi) is 3.03. The zero-order chi connectivity index (χ0) is 6.57. The lowest BCUT2D eigenvalue weighted by atomic mass is 10.2. The van der Waals surface area contributed by atoms with Crippen LogP contribution in [0.3, 0.4) is 0 Å². The highest BCUT2D eigenvalue weighted by atomic mass is 14.6. The van der Waals surface area contributed by atoms with Gasteiger partial charge in [-0.3, -0.25) is 0 Å². The molecule has 0 bridgehead atoms. The lowest BCUT2D eigenvalue weighted by Gasteiger charge is -1.94.